The van der Waals surface area contributed by atoms with Crippen LogP contribution in [0.1, 0.15) is 23.2 Å². The minimum absolute atomic E-state index is 0.117. The maximum Gasteiger partial charge on any atom is 0.339 e. The first-order valence-electron chi connectivity index (χ1n) is 5.16. The van der Waals surface area contributed by atoms with E-state index in [-0.39, 0.29) is 5.56 Å². The molecule has 0 aliphatic rings. The molecule has 0 heterocycles. The quantitative estimate of drug-likeness (QED) is 0.605. The van der Waals surface area contributed by atoms with Gasteiger partial charge in [-0.15, -0.1) is 12.3 Å². The first kappa shape index (κ1) is 12.9. The zero-order valence-corrected chi connectivity index (χ0v) is 9.60. The molecule has 0 aliphatic carbocycles. The molecule has 0 bridgehead atoms. The molecule has 90 valence electrons. The lowest BCUT2D eigenvalue weighted by Gasteiger charge is -2.10. The first-order valence-corrected chi connectivity index (χ1v) is 5.16. The second-order valence-corrected chi connectivity index (χ2v) is 3.32. The molecule has 4 heteroatoms. The van der Waals surface area contributed by atoms with E-state index in [2.05, 4.69) is 5.92 Å². The molecule has 0 radical (unpaired) electrons. The van der Waals surface area contributed by atoms with Crippen molar-refractivity contribution in [3.8, 4) is 23.8 Å². The Labute approximate surface area is 100 Å². The number of carboxylic acid groups (broad SMARTS) is 1. The monoisotopic (exact) mass is 234 g/mol. The number of hydrogen-bond donors (Lipinski definition) is 1. The summed E-state index contributed by atoms with van der Waals surface area (Å²) < 4.78 is 10.4. The minimum Gasteiger partial charge on any atom is -0.497 e. The van der Waals surface area contributed by atoms with Crippen molar-refractivity contribution >= 4 is 5.97 Å². The first-order chi connectivity index (χ1) is 8.19. The number of unbranched alkanes of at least 4 members (excludes halogenated alkanes) is 1. The molecule has 0 saturated heterocycles. The van der Waals surface area contributed by atoms with Gasteiger partial charge in [0.2, 0.25) is 0 Å². The van der Waals surface area contributed by atoms with Crippen molar-refractivity contribution in [2.45, 2.75) is 12.8 Å². The Morgan fingerprint density at radius 3 is 2.88 bits per heavy atom. The van der Waals surface area contributed by atoms with Gasteiger partial charge in [0.05, 0.1) is 13.7 Å². The second kappa shape index (κ2) is 6.44. The number of benzene rings is 1. The molecule has 1 aromatic carbocycles. The molecule has 17 heavy (non-hydrogen) atoms. The third-order valence-electron chi connectivity index (χ3n) is 2.14. The molecule has 1 N–H and O–H groups in total. The molecule has 1 aromatic rings. The molecule has 0 saturated carbocycles. The van der Waals surface area contributed by atoms with Crippen LogP contribution in [-0.4, -0.2) is 24.8 Å². The largest absolute Gasteiger partial charge is 0.497 e. The van der Waals surface area contributed by atoms with Gasteiger partial charge in [0.1, 0.15) is 17.1 Å². The van der Waals surface area contributed by atoms with E-state index in [9.17, 15) is 4.79 Å². The van der Waals surface area contributed by atoms with E-state index in [0.717, 1.165) is 0 Å². The van der Waals surface area contributed by atoms with Crippen LogP contribution in [0.2, 0.25) is 0 Å². The van der Waals surface area contributed by atoms with Crippen molar-refractivity contribution in [3.63, 3.8) is 0 Å². The lowest BCUT2D eigenvalue weighted by Crippen LogP contribution is -2.04. The van der Waals surface area contributed by atoms with Gasteiger partial charge in [-0.05, 0) is 18.6 Å². The molecular weight excluding hydrogens is 220 g/mol. The van der Waals surface area contributed by atoms with Crippen LogP contribution in [0, 0.1) is 12.3 Å². The normalized spacial score (nSPS) is 9.41. The number of rotatable bonds is 6. The van der Waals surface area contributed by atoms with Crippen LogP contribution >= 0.6 is 0 Å². The van der Waals surface area contributed by atoms with Gasteiger partial charge >= 0.3 is 5.97 Å². The Kier molecular flexibility index (Phi) is 4.89. The summed E-state index contributed by atoms with van der Waals surface area (Å²) >= 11 is 0. The Morgan fingerprint density at radius 2 is 2.29 bits per heavy atom. The van der Waals surface area contributed by atoms with Gasteiger partial charge in [-0.25, -0.2) is 4.79 Å². The number of terminal acetylenes is 1. The number of carboxylic acids is 1. The van der Waals surface area contributed by atoms with Gasteiger partial charge in [0, 0.05) is 12.5 Å². The Hall–Kier alpha value is -2.15. The highest BCUT2D eigenvalue weighted by Crippen LogP contribution is 2.25. The summed E-state index contributed by atoms with van der Waals surface area (Å²) in [4.78, 5) is 11.0. The Bertz CT molecular complexity index is 432. The molecule has 4 nitrogen and oxygen atoms in total. The summed E-state index contributed by atoms with van der Waals surface area (Å²) in [7, 11) is 1.51. The van der Waals surface area contributed by atoms with E-state index in [4.69, 9.17) is 21.0 Å². The van der Waals surface area contributed by atoms with Crippen LogP contribution < -0.4 is 9.47 Å². The van der Waals surface area contributed by atoms with Gasteiger partial charge in [-0.3, -0.25) is 0 Å². The predicted octanol–water partition coefficient (Wildman–Crippen LogP) is 2.19. The van der Waals surface area contributed by atoms with Crippen LogP contribution in [0.5, 0.6) is 11.5 Å². The minimum atomic E-state index is -1.03. The number of hydrogen-bond acceptors (Lipinski definition) is 3. The van der Waals surface area contributed by atoms with E-state index in [0.29, 0.717) is 30.9 Å². The molecule has 0 amide bonds. The van der Waals surface area contributed by atoms with Crippen LogP contribution in [0.15, 0.2) is 18.2 Å². The van der Waals surface area contributed by atoms with E-state index in [1.807, 2.05) is 0 Å². The molecule has 0 aromatic heterocycles. The summed E-state index contributed by atoms with van der Waals surface area (Å²) in [6.07, 6.45) is 6.40. The molecule has 1 rings (SSSR count). The average molecular weight is 234 g/mol. The van der Waals surface area contributed by atoms with Crippen LogP contribution in [0.25, 0.3) is 0 Å². The number of methoxy groups -OCH3 is 1. The number of ether oxygens (including phenoxy) is 2. The molecule has 0 aliphatic heterocycles. The third-order valence-corrected chi connectivity index (χ3v) is 2.14. The predicted molar refractivity (Wildman–Crippen MR) is 63.5 cm³/mol. The topological polar surface area (TPSA) is 55.8 Å². The van der Waals surface area contributed by atoms with E-state index >= 15 is 0 Å². The fourth-order valence-corrected chi connectivity index (χ4v) is 1.28. The Morgan fingerprint density at radius 1 is 1.53 bits per heavy atom. The van der Waals surface area contributed by atoms with E-state index in [1.54, 1.807) is 12.1 Å². The molecular formula is C13H14O4. The zero-order chi connectivity index (χ0) is 12.7. The van der Waals surface area contributed by atoms with Crippen LogP contribution in [0.4, 0.5) is 0 Å². The van der Waals surface area contributed by atoms with Gasteiger partial charge in [0.15, 0.2) is 0 Å². The van der Waals surface area contributed by atoms with Gasteiger partial charge in [0.25, 0.3) is 0 Å². The van der Waals surface area contributed by atoms with Crippen molar-refractivity contribution in [1.29, 1.82) is 0 Å². The fraction of sp³-hybridized carbons (Fsp3) is 0.308. The second-order valence-electron chi connectivity index (χ2n) is 3.32. The lowest BCUT2D eigenvalue weighted by molar-refractivity contribution is 0.0692. The van der Waals surface area contributed by atoms with Crippen molar-refractivity contribution in [2.24, 2.45) is 0 Å². The van der Waals surface area contributed by atoms with Crippen LogP contribution in [0.3, 0.4) is 0 Å². The van der Waals surface area contributed by atoms with Crippen LogP contribution in [-0.2, 0) is 0 Å². The highest BCUT2D eigenvalue weighted by atomic mass is 16.5. The summed E-state index contributed by atoms with van der Waals surface area (Å²) in [6, 6.07) is 4.59. The summed E-state index contributed by atoms with van der Waals surface area (Å²) in [6.45, 7) is 0.387. The zero-order valence-electron chi connectivity index (χ0n) is 9.60. The lowest BCUT2D eigenvalue weighted by atomic mass is 10.2. The summed E-state index contributed by atoms with van der Waals surface area (Å²) in [5.41, 5.74) is 0.117. The fourth-order valence-electron chi connectivity index (χ4n) is 1.28. The number of carbonyl (C=O) groups is 1. The van der Waals surface area contributed by atoms with Crippen molar-refractivity contribution in [3.05, 3.63) is 23.8 Å². The molecule has 0 fully saturated rings. The van der Waals surface area contributed by atoms with Crippen molar-refractivity contribution in [2.75, 3.05) is 13.7 Å². The third kappa shape index (κ3) is 3.72. The maximum absolute atomic E-state index is 11.0. The highest BCUT2D eigenvalue weighted by molar-refractivity contribution is 5.91. The summed E-state index contributed by atoms with van der Waals surface area (Å²) in [5.74, 6) is 2.32. The maximum atomic E-state index is 11.0. The summed E-state index contributed by atoms with van der Waals surface area (Å²) in [5, 5.41) is 8.98. The standard InChI is InChI=1S/C13H14O4/c1-3-4-5-8-17-12-9-10(16-2)6-7-11(12)13(14)15/h1,6-7,9H,4-5,8H2,2H3,(H,14,15). The molecule has 0 atom stereocenters. The smallest absolute Gasteiger partial charge is 0.339 e. The molecule has 0 unspecified atom stereocenters. The molecule has 0 spiro atoms. The Balaban J connectivity index is 2.79. The van der Waals surface area contributed by atoms with Gasteiger partial charge in [-0.2, -0.15) is 0 Å². The van der Waals surface area contributed by atoms with Gasteiger partial charge in [-0.1, -0.05) is 0 Å². The van der Waals surface area contributed by atoms with Crippen molar-refractivity contribution in [1.82, 2.24) is 0 Å². The van der Waals surface area contributed by atoms with Crippen molar-refractivity contribution < 1.29 is 19.4 Å². The number of aromatic carboxylic acids is 1. The average Bonchev–Trinajstić information content (AvgIpc) is 2.34. The van der Waals surface area contributed by atoms with E-state index in [1.165, 1.54) is 13.2 Å². The highest BCUT2D eigenvalue weighted by Gasteiger charge is 2.12. The SMILES string of the molecule is C#CCCCOc1cc(OC)ccc1C(=O)O. The van der Waals surface area contributed by atoms with Gasteiger partial charge < -0.3 is 14.6 Å². The van der Waals surface area contributed by atoms with E-state index < -0.39 is 5.97 Å².